The summed E-state index contributed by atoms with van der Waals surface area (Å²) < 4.78 is 79.7. The highest BCUT2D eigenvalue weighted by Crippen LogP contribution is 2.34. The molecule has 2 aromatic heterocycles. The summed E-state index contributed by atoms with van der Waals surface area (Å²) in [5.74, 6) is -1.54. The van der Waals surface area contributed by atoms with Crippen LogP contribution in [-0.2, 0) is 16.2 Å². The van der Waals surface area contributed by atoms with Crippen molar-refractivity contribution in [3.05, 3.63) is 71.7 Å². The Bertz CT molecular complexity index is 1370. The Hall–Kier alpha value is -3.05. The van der Waals surface area contributed by atoms with E-state index in [9.17, 15) is 26.0 Å². The largest absolute Gasteiger partial charge is 0.419 e. The number of aromatic nitrogens is 2. The summed E-state index contributed by atoms with van der Waals surface area (Å²) in [4.78, 5) is 8.80. The van der Waals surface area contributed by atoms with Crippen LogP contribution in [0.15, 0.2) is 59.6 Å². The van der Waals surface area contributed by atoms with Crippen molar-refractivity contribution in [1.29, 1.82) is 0 Å². The van der Waals surface area contributed by atoms with E-state index in [1.807, 2.05) is 6.07 Å². The van der Waals surface area contributed by atoms with E-state index in [2.05, 4.69) is 14.7 Å². The standard InChI is InChI=1S/C20H13F4N3O2S2/c1-11-9-12(18-26-17-3-2-8-25-19(17)30-18)4-7-16(11)27-31(28,29)13-5-6-15(21)14(10-13)20(22,23)24/h2-10,27H,1H3. The fourth-order valence-electron chi connectivity index (χ4n) is 2.90. The summed E-state index contributed by atoms with van der Waals surface area (Å²) in [6, 6.07) is 9.99. The van der Waals surface area contributed by atoms with E-state index in [0.29, 0.717) is 16.6 Å². The van der Waals surface area contributed by atoms with Gasteiger partial charge in [-0.3, -0.25) is 4.72 Å². The zero-order chi connectivity index (χ0) is 22.4. The number of nitrogens with zero attached hydrogens (tertiary/aromatic N) is 2. The molecule has 0 aliphatic heterocycles. The van der Waals surface area contributed by atoms with Gasteiger partial charge in [0.1, 0.15) is 21.2 Å². The van der Waals surface area contributed by atoms with E-state index < -0.39 is 32.5 Å². The molecule has 160 valence electrons. The Morgan fingerprint density at radius 2 is 1.84 bits per heavy atom. The maximum absolute atomic E-state index is 13.5. The van der Waals surface area contributed by atoms with Gasteiger partial charge in [-0.05, 0) is 61.0 Å². The maximum atomic E-state index is 13.5. The van der Waals surface area contributed by atoms with Crippen molar-refractivity contribution in [1.82, 2.24) is 9.97 Å². The number of nitrogens with one attached hydrogen (secondary N) is 1. The zero-order valence-electron chi connectivity index (χ0n) is 15.7. The zero-order valence-corrected chi connectivity index (χ0v) is 17.4. The van der Waals surface area contributed by atoms with Gasteiger partial charge in [0.05, 0.1) is 16.1 Å². The molecular weight excluding hydrogens is 454 g/mol. The summed E-state index contributed by atoms with van der Waals surface area (Å²) in [6.07, 6.45) is -3.35. The molecule has 0 bridgehead atoms. The van der Waals surface area contributed by atoms with Crippen LogP contribution in [0.1, 0.15) is 11.1 Å². The number of alkyl halides is 3. The van der Waals surface area contributed by atoms with Gasteiger partial charge >= 0.3 is 6.18 Å². The number of halogens is 4. The van der Waals surface area contributed by atoms with E-state index in [0.717, 1.165) is 22.0 Å². The molecular formula is C20H13F4N3O2S2. The molecule has 0 fully saturated rings. The third-order valence-electron chi connectivity index (χ3n) is 4.44. The number of rotatable bonds is 4. The lowest BCUT2D eigenvalue weighted by Crippen LogP contribution is -2.16. The number of hydrogen-bond acceptors (Lipinski definition) is 5. The van der Waals surface area contributed by atoms with Crippen molar-refractivity contribution in [2.24, 2.45) is 0 Å². The SMILES string of the molecule is Cc1cc(-c2nc3cccnc3s2)ccc1NS(=O)(=O)c1ccc(F)c(C(F)(F)F)c1. The van der Waals surface area contributed by atoms with Gasteiger partial charge in [0, 0.05) is 11.8 Å². The molecule has 4 rings (SSSR count). The minimum absolute atomic E-state index is 0.181. The van der Waals surface area contributed by atoms with Gasteiger partial charge < -0.3 is 0 Å². The maximum Gasteiger partial charge on any atom is 0.419 e. The molecule has 0 aliphatic rings. The molecule has 2 heterocycles. The van der Waals surface area contributed by atoms with Gasteiger partial charge in [-0.15, -0.1) is 0 Å². The number of pyridine rings is 1. The topological polar surface area (TPSA) is 72.0 Å². The first-order chi connectivity index (χ1) is 14.5. The van der Waals surface area contributed by atoms with E-state index in [-0.39, 0.29) is 11.8 Å². The highest BCUT2D eigenvalue weighted by atomic mass is 32.2. The highest BCUT2D eigenvalue weighted by Gasteiger charge is 2.35. The van der Waals surface area contributed by atoms with Crippen LogP contribution in [-0.4, -0.2) is 18.4 Å². The first-order valence-corrected chi connectivity index (χ1v) is 11.1. The molecule has 2 aromatic carbocycles. The number of sulfonamides is 1. The van der Waals surface area contributed by atoms with Gasteiger partial charge in [-0.1, -0.05) is 11.3 Å². The molecule has 1 N–H and O–H groups in total. The van der Waals surface area contributed by atoms with E-state index in [1.54, 1.807) is 31.3 Å². The molecule has 0 spiro atoms. The predicted molar refractivity (Wildman–Crippen MR) is 110 cm³/mol. The van der Waals surface area contributed by atoms with E-state index in [4.69, 9.17) is 0 Å². The van der Waals surface area contributed by atoms with Gasteiger partial charge in [-0.2, -0.15) is 13.2 Å². The van der Waals surface area contributed by atoms with Gasteiger partial charge in [-0.25, -0.2) is 22.8 Å². The highest BCUT2D eigenvalue weighted by molar-refractivity contribution is 7.92. The fourth-order valence-corrected chi connectivity index (χ4v) is 4.96. The van der Waals surface area contributed by atoms with Crippen LogP contribution < -0.4 is 4.72 Å². The summed E-state index contributed by atoms with van der Waals surface area (Å²) in [6.45, 7) is 1.65. The Morgan fingerprint density at radius 1 is 1.06 bits per heavy atom. The second kappa shape index (κ2) is 7.57. The minimum Gasteiger partial charge on any atom is -0.279 e. The lowest BCUT2D eigenvalue weighted by molar-refractivity contribution is -0.140. The third kappa shape index (κ3) is 4.23. The molecule has 31 heavy (non-hydrogen) atoms. The summed E-state index contributed by atoms with van der Waals surface area (Å²) in [5, 5.41) is 0.694. The van der Waals surface area contributed by atoms with Crippen LogP contribution in [0.5, 0.6) is 0 Å². The van der Waals surface area contributed by atoms with Crippen LogP contribution in [0, 0.1) is 12.7 Å². The van der Waals surface area contributed by atoms with Crippen LogP contribution >= 0.6 is 11.3 Å². The van der Waals surface area contributed by atoms with Crippen LogP contribution in [0.2, 0.25) is 0 Å². The number of anilines is 1. The quantitative estimate of drug-likeness (QED) is 0.395. The smallest absolute Gasteiger partial charge is 0.279 e. The normalized spacial score (nSPS) is 12.3. The average Bonchev–Trinajstić information content (AvgIpc) is 3.13. The van der Waals surface area contributed by atoms with Crippen molar-refractivity contribution in [2.75, 3.05) is 4.72 Å². The lowest BCUT2D eigenvalue weighted by Gasteiger charge is -2.13. The molecule has 0 saturated carbocycles. The van der Waals surface area contributed by atoms with Crippen molar-refractivity contribution < 1.29 is 26.0 Å². The molecule has 11 heteroatoms. The van der Waals surface area contributed by atoms with Crippen molar-refractivity contribution in [2.45, 2.75) is 18.0 Å². The third-order valence-corrected chi connectivity index (χ3v) is 6.83. The lowest BCUT2D eigenvalue weighted by atomic mass is 10.1. The molecule has 0 unspecified atom stereocenters. The molecule has 0 atom stereocenters. The molecule has 0 aliphatic carbocycles. The molecule has 0 radical (unpaired) electrons. The minimum atomic E-state index is -5.01. The van der Waals surface area contributed by atoms with Gasteiger partial charge in [0.15, 0.2) is 0 Å². The molecule has 0 saturated heterocycles. The summed E-state index contributed by atoms with van der Waals surface area (Å²) >= 11 is 1.38. The van der Waals surface area contributed by atoms with Crippen LogP contribution in [0.4, 0.5) is 23.2 Å². The Morgan fingerprint density at radius 3 is 2.52 bits per heavy atom. The van der Waals surface area contributed by atoms with Crippen molar-refractivity contribution in [3.63, 3.8) is 0 Å². The second-order valence-electron chi connectivity index (χ2n) is 6.62. The van der Waals surface area contributed by atoms with E-state index >= 15 is 0 Å². The first-order valence-electron chi connectivity index (χ1n) is 8.77. The van der Waals surface area contributed by atoms with Crippen molar-refractivity contribution >= 4 is 37.4 Å². The number of aryl methyl sites for hydroxylation is 1. The number of fused-ring (bicyclic) bond motifs is 1. The summed E-state index contributed by atoms with van der Waals surface area (Å²) in [7, 11) is -4.37. The second-order valence-corrected chi connectivity index (χ2v) is 9.28. The summed E-state index contributed by atoms with van der Waals surface area (Å²) in [5.41, 5.74) is 0.547. The molecule has 5 nitrogen and oxygen atoms in total. The number of hydrogen-bond donors (Lipinski definition) is 1. The fraction of sp³-hybridized carbons (Fsp3) is 0.100. The number of benzene rings is 2. The van der Waals surface area contributed by atoms with Crippen molar-refractivity contribution in [3.8, 4) is 10.6 Å². The Balaban J connectivity index is 1.65. The monoisotopic (exact) mass is 467 g/mol. The van der Waals surface area contributed by atoms with Crippen LogP contribution in [0.3, 0.4) is 0 Å². The van der Waals surface area contributed by atoms with Crippen LogP contribution in [0.25, 0.3) is 20.9 Å². The predicted octanol–water partition coefficient (Wildman–Crippen LogP) is 5.63. The molecule has 0 amide bonds. The first kappa shape index (κ1) is 21.2. The Kier molecular flexibility index (Phi) is 5.18. The molecule has 4 aromatic rings. The van der Waals surface area contributed by atoms with Gasteiger partial charge in [0.25, 0.3) is 10.0 Å². The van der Waals surface area contributed by atoms with E-state index in [1.165, 1.54) is 17.4 Å². The number of thiazole rings is 1. The average molecular weight is 467 g/mol. The Labute approximate surface area is 178 Å². The van der Waals surface area contributed by atoms with Gasteiger partial charge in [0.2, 0.25) is 0 Å².